The van der Waals surface area contributed by atoms with Crippen LogP contribution in [-0.2, 0) is 0 Å². The SMILES string of the molecule is O=C(O)c1cc(C#CC2C3CC4CC(C3)CC2C4)cc(C(=O)O)c1. The topological polar surface area (TPSA) is 74.6 Å². The summed E-state index contributed by atoms with van der Waals surface area (Å²) in [5.74, 6) is 7.72. The van der Waals surface area contributed by atoms with Gasteiger partial charge in [-0.25, -0.2) is 9.59 Å². The number of hydrogen-bond donors (Lipinski definition) is 2. The molecule has 4 aliphatic rings. The molecule has 124 valence electrons. The van der Waals surface area contributed by atoms with Crippen molar-refractivity contribution in [2.45, 2.75) is 32.1 Å². The molecule has 0 radical (unpaired) electrons. The Labute approximate surface area is 140 Å². The molecule has 0 aliphatic heterocycles. The molecule has 0 heterocycles. The zero-order valence-electron chi connectivity index (χ0n) is 13.4. The number of carboxylic acids is 2. The van der Waals surface area contributed by atoms with E-state index in [-0.39, 0.29) is 11.1 Å². The number of hydrogen-bond acceptors (Lipinski definition) is 2. The molecule has 0 saturated heterocycles. The first kappa shape index (κ1) is 15.3. The van der Waals surface area contributed by atoms with E-state index in [0.717, 1.165) is 11.8 Å². The second-order valence-electron chi connectivity index (χ2n) is 7.64. The van der Waals surface area contributed by atoms with Crippen molar-refractivity contribution in [2.24, 2.45) is 29.6 Å². The summed E-state index contributed by atoms with van der Waals surface area (Å²) < 4.78 is 0. The number of rotatable bonds is 2. The Morgan fingerprint density at radius 3 is 1.79 bits per heavy atom. The lowest BCUT2D eigenvalue weighted by atomic mass is 9.52. The maximum atomic E-state index is 11.2. The summed E-state index contributed by atoms with van der Waals surface area (Å²) in [7, 11) is 0. The summed E-state index contributed by atoms with van der Waals surface area (Å²) in [5, 5.41) is 18.3. The average Bonchev–Trinajstić information content (AvgIpc) is 2.53. The molecule has 24 heavy (non-hydrogen) atoms. The first-order valence-electron chi connectivity index (χ1n) is 8.63. The summed E-state index contributed by atoms with van der Waals surface area (Å²) in [6.45, 7) is 0. The van der Waals surface area contributed by atoms with Crippen molar-refractivity contribution in [3.8, 4) is 11.8 Å². The minimum absolute atomic E-state index is 0.0238. The molecular formula is C20H20O4. The quantitative estimate of drug-likeness (QED) is 0.816. The van der Waals surface area contributed by atoms with Gasteiger partial charge in [0.05, 0.1) is 11.1 Å². The maximum absolute atomic E-state index is 11.2. The lowest BCUT2D eigenvalue weighted by Crippen LogP contribution is -2.44. The second kappa shape index (κ2) is 5.66. The van der Waals surface area contributed by atoms with E-state index in [1.807, 2.05) is 0 Å². The number of carboxylic acid groups (broad SMARTS) is 2. The van der Waals surface area contributed by atoms with E-state index >= 15 is 0 Å². The Balaban J connectivity index is 1.63. The zero-order chi connectivity index (χ0) is 16.8. The highest BCUT2D eigenvalue weighted by Gasteiger charge is 2.47. The standard InChI is InChI=1S/C20H20O4/c21-19(22)16-4-11(5-17(10-16)20(23)24)1-2-18-14-6-12-3-13(8-14)9-15(18)7-12/h4-5,10,12-15,18H,3,6-9H2,(H,21,22)(H,23,24). The van der Waals surface area contributed by atoms with E-state index < -0.39 is 11.9 Å². The lowest BCUT2D eigenvalue weighted by molar-refractivity contribution is -0.0122. The van der Waals surface area contributed by atoms with Gasteiger partial charge in [-0.05, 0) is 74.0 Å². The van der Waals surface area contributed by atoms with Crippen LogP contribution in [-0.4, -0.2) is 22.2 Å². The van der Waals surface area contributed by atoms with Crippen LogP contribution < -0.4 is 0 Å². The van der Waals surface area contributed by atoms with Gasteiger partial charge >= 0.3 is 11.9 Å². The summed E-state index contributed by atoms with van der Waals surface area (Å²) in [4.78, 5) is 22.4. The Morgan fingerprint density at radius 2 is 1.33 bits per heavy atom. The monoisotopic (exact) mass is 324 g/mol. The molecule has 4 nitrogen and oxygen atoms in total. The van der Waals surface area contributed by atoms with Gasteiger partial charge in [0.15, 0.2) is 0 Å². The first-order chi connectivity index (χ1) is 11.5. The molecule has 4 aliphatic carbocycles. The van der Waals surface area contributed by atoms with Gasteiger partial charge in [0, 0.05) is 11.5 Å². The molecular weight excluding hydrogens is 304 g/mol. The fourth-order valence-corrected chi connectivity index (χ4v) is 5.27. The number of aromatic carboxylic acids is 2. The first-order valence-corrected chi connectivity index (χ1v) is 8.63. The third-order valence-electron chi connectivity index (χ3n) is 6.04. The predicted octanol–water partition coefficient (Wildman–Crippen LogP) is 3.51. The second-order valence-corrected chi connectivity index (χ2v) is 7.64. The van der Waals surface area contributed by atoms with Gasteiger partial charge in [0.2, 0.25) is 0 Å². The van der Waals surface area contributed by atoms with Crippen molar-refractivity contribution in [1.82, 2.24) is 0 Å². The van der Waals surface area contributed by atoms with Crippen molar-refractivity contribution in [3.63, 3.8) is 0 Å². The molecule has 4 saturated carbocycles. The van der Waals surface area contributed by atoms with Gasteiger partial charge in [0.25, 0.3) is 0 Å². The van der Waals surface area contributed by atoms with Gasteiger partial charge in [-0.15, -0.1) is 0 Å². The zero-order valence-corrected chi connectivity index (χ0v) is 13.4. The van der Waals surface area contributed by atoms with Crippen LogP contribution >= 0.6 is 0 Å². The minimum Gasteiger partial charge on any atom is -0.478 e. The molecule has 1 aromatic rings. The average molecular weight is 324 g/mol. The fraction of sp³-hybridized carbons (Fsp3) is 0.500. The molecule has 0 atom stereocenters. The Morgan fingerprint density at radius 1 is 0.833 bits per heavy atom. The molecule has 4 heteroatoms. The normalized spacial score (nSPS) is 32.9. The van der Waals surface area contributed by atoms with Crippen molar-refractivity contribution in [1.29, 1.82) is 0 Å². The molecule has 4 fully saturated rings. The van der Waals surface area contributed by atoms with Crippen LogP contribution in [0.4, 0.5) is 0 Å². The minimum atomic E-state index is -1.13. The maximum Gasteiger partial charge on any atom is 0.335 e. The van der Waals surface area contributed by atoms with Gasteiger partial charge in [-0.3, -0.25) is 0 Å². The summed E-state index contributed by atoms with van der Waals surface area (Å²) in [5.41, 5.74) is 0.440. The molecule has 0 aromatic heterocycles. The summed E-state index contributed by atoms with van der Waals surface area (Å²) in [6, 6.07) is 4.12. The van der Waals surface area contributed by atoms with E-state index in [4.69, 9.17) is 10.2 Å². The van der Waals surface area contributed by atoms with Gasteiger partial charge in [0.1, 0.15) is 0 Å². The van der Waals surface area contributed by atoms with E-state index in [9.17, 15) is 9.59 Å². The summed E-state index contributed by atoms with van der Waals surface area (Å²) in [6.07, 6.45) is 6.52. The highest BCUT2D eigenvalue weighted by atomic mass is 16.4. The van der Waals surface area contributed by atoms with Crippen LogP contribution in [0.5, 0.6) is 0 Å². The lowest BCUT2D eigenvalue weighted by Gasteiger charge is -2.52. The van der Waals surface area contributed by atoms with E-state index in [1.165, 1.54) is 50.3 Å². The number of carbonyl (C=O) groups is 2. The molecule has 0 amide bonds. The molecule has 4 bridgehead atoms. The van der Waals surface area contributed by atoms with E-state index in [0.29, 0.717) is 23.3 Å². The van der Waals surface area contributed by atoms with Gasteiger partial charge < -0.3 is 10.2 Å². The van der Waals surface area contributed by atoms with Crippen LogP contribution in [0.1, 0.15) is 58.4 Å². The Kier molecular flexibility index (Phi) is 3.60. The largest absolute Gasteiger partial charge is 0.478 e. The Hall–Kier alpha value is -2.28. The van der Waals surface area contributed by atoms with Crippen LogP contribution in [0.15, 0.2) is 18.2 Å². The van der Waals surface area contributed by atoms with E-state index in [2.05, 4.69) is 11.8 Å². The molecule has 2 N–H and O–H groups in total. The summed E-state index contributed by atoms with van der Waals surface area (Å²) >= 11 is 0. The van der Waals surface area contributed by atoms with Crippen LogP contribution in [0.2, 0.25) is 0 Å². The van der Waals surface area contributed by atoms with Crippen molar-refractivity contribution >= 4 is 11.9 Å². The third-order valence-corrected chi connectivity index (χ3v) is 6.04. The van der Waals surface area contributed by atoms with Crippen LogP contribution in [0, 0.1) is 41.4 Å². The third kappa shape index (κ3) is 2.69. The van der Waals surface area contributed by atoms with Crippen molar-refractivity contribution in [2.75, 3.05) is 0 Å². The number of benzene rings is 1. The van der Waals surface area contributed by atoms with Gasteiger partial charge in [-0.1, -0.05) is 11.8 Å². The van der Waals surface area contributed by atoms with Crippen LogP contribution in [0.25, 0.3) is 0 Å². The van der Waals surface area contributed by atoms with E-state index in [1.54, 1.807) is 0 Å². The molecule has 1 aromatic carbocycles. The Bertz CT molecular complexity index is 707. The van der Waals surface area contributed by atoms with Gasteiger partial charge in [-0.2, -0.15) is 0 Å². The molecule has 0 spiro atoms. The highest BCUT2D eigenvalue weighted by molar-refractivity contribution is 5.94. The molecule has 0 unspecified atom stereocenters. The fourth-order valence-electron chi connectivity index (χ4n) is 5.27. The molecule has 5 rings (SSSR count). The predicted molar refractivity (Wildman–Crippen MR) is 87.8 cm³/mol. The van der Waals surface area contributed by atoms with Crippen molar-refractivity contribution in [3.05, 3.63) is 34.9 Å². The van der Waals surface area contributed by atoms with Crippen molar-refractivity contribution < 1.29 is 19.8 Å². The smallest absolute Gasteiger partial charge is 0.335 e. The van der Waals surface area contributed by atoms with Crippen LogP contribution in [0.3, 0.4) is 0 Å². The highest BCUT2D eigenvalue weighted by Crippen LogP contribution is 2.56.